The molecule has 0 radical (unpaired) electrons. The maximum absolute atomic E-state index is 0. The first-order valence-corrected chi connectivity index (χ1v) is 0. The molecule has 0 aliphatic heterocycles. The van der Waals surface area contributed by atoms with Crippen LogP contribution in [-0.4, -0.2) is 48.9 Å². The van der Waals surface area contributed by atoms with Gasteiger partial charge in [-0.15, -0.1) is 0 Å². The van der Waals surface area contributed by atoms with Crippen molar-refractivity contribution < 1.29 is 35.9 Å². The van der Waals surface area contributed by atoms with Crippen LogP contribution in [0.3, 0.4) is 0 Å². The Morgan fingerprint density at radius 3 is 0.667 bits per heavy atom. The van der Waals surface area contributed by atoms with E-state index in [-0.39, 0.29) is 84.8 Å². The van der Waals surface area contributed by atoms with Crippen LogP contribution < -0.4 is 0 Å². The van der Waals surface area contributed by atoms with E-state index < -0.39 is 0 Å². The quantitative estimate of drug-likeness (QED) is 0.489. The van der Waals surface area contributed by atoms with Gasteiger partial charge in [-0.05, 0) is 0 Å². The van der Waals surface area contributed by atoms with E-state index in [1.54, 1.807) is 0 Å². The Labute approximate surface area is 83.9 Å². The molecule has 0 aromatic heterocycles. The summed E-state index contributed by atoms with van der Waals surface area (Å²) >= 11 is 0. The fourth-order valence-electron chi connectivity index (χ4n) is 0. The van der Waals surface area contributed by atoms with Gasteiger partial charge in [0, 0.05) is 0 Å². The van der Waals surface area contributed by atoms with E-state index in [0.29, 0.717) is 0 Å². The maximum Gasteiger partial charge on any atom is 3.00 e. The molecular formula is InMgO3Zn+. The van der Waals surface area contributed by atoms with Crippen LogP contribution in [0.2, 0.25) is 0 Å². The summed E-state index contributed by atoms with van der Waals surface area (Å²) in [5, 5.41) is 0. The van der Waals surface area contributed by atoms with Gasteiger partial charge in [-0.1, -0.05) is 0 Å². The monoisotopic (exact) mass is 251 g/mol. The molecule has 0 bridgehead atoms. The molecule has 0 atom stereocenters. The molecule has 0 amide bonds. The summed E-state index contributed by atoms with van der Waals surface area (Å²) in [4.78, 5) is 0. The van der Waals surface area contributed by atoms with Crippen LogP contribution in [0.5, 0.6) is 0 Å². The smallest absolute Gasteiger partial charge is 2.00 e. The average molecular weight is 253 g/mol. The second-order valence-electron chi connectivity index (χ2n) is 0. The first-order valence-electron chi connectivity index (χ1n) is 0. The van der Waals surface area contributed by atoms with Crippen molar-refractivity contribution in [2.24, 2.45) is 0 Å². The van der Waals surface area contributed by atoms with Crippen molar-refractivity contribution in [3.8, 4) is 0 Å². The Bertz CT molecular complexity index is 10.8. The number of hydrogen-bond acceptors (Lipinski definition) is 0. The van der Waals surface area contributed by atoms with Crippen molar-refractivity contribution in [3.63, 3.8) is 0 Å². The van der Waals surface area contributed by atoms with E-state index in [0.717, 1.165) is 0 Å². The molecule has 0 saturated carbocycles. The van der Waals surface area contributed by atoms with Crippen LogP contribution in [0.25, 0.3) is 0 Å². The number of hydrogen-bond donors (Lipinski definition) is 0. The fourth-order valence-corrected chi connectivity index (χ4v) is 0. The number of rotatable bonds is 0. The Hall–Kier alpha value is 2.14. The van der Waals surface area contributed by atoms with E-state index in [2.05, 4.69) is 0 Å². The van der Waals surface area contributed by atoms with Crippen molar-refractivity contribution in [2.45, 2.75) is 0 Å². The standard InChI is InChI=1S/In.Mg.3O.Zn/q+3;+2;3*-2;+2. The third kappa shape index (κ3) is 35.4. The van der Waals surface area contributed by atoms with Gasteiger partial charge in [-0.25, -0.2) is 0 Å². The van der Waals surface area contributed by atoms with Crippen molar-refractivity contribution in [2.75, 3.05) is 0 Å². The molecule has 0 spiro atoms. The molecule has 0 aromatic carbocycles. The zero-order valence-corrected chi connectivity index (χ0v) is 10.9. The summed E-state index contributed by atoms with van der Waals surface area (Å²) in [5.74, 6) is 0. The summed E-state index contributed by atoms with van der Waals surface area (Å²) in [6.07, 6.45) is 0. The summed E-state index contributed by atoms with van der Waals surface area (Å²) in [7, 11) is 0. The van der Waals surface area contributed by atoms with E-state index in [4.69, 9.17) is 0 Å². The Morgan fingerprint density at radius 2 is 0.667 bits per heavy atom. The summed E-state index contributed by atoms with van der Waals surface area (Å²) < 4.78 is 0. The molecular weight excluding hydrogens is 253 g/mol. The van der Waals surface area contributed by atoms with Crippen LogP contribution in [0.15, 0.2) is 0 Å². The topological polar surface area (TPSA) is 85.5 Å². The second-order valence-corrected chi connectivity index (χ2v) is 0. The Morgan fingerprint density at radius 1 is 0.667 bits per heavy atom. The second kappa shape index (κ2) is 58.8. The molecule has 6 heteroatoms. The van der Waals surface area contributed by atoms with Crippen molar-refractivity contribution in [1.29, 1.82) is 0 Å². The molecule has 0 aliphatic rings. The van der Waals surface area contributed by atoms with Crippen LogP contribution in [0, 0.1) is 0 Å². The van der Waals surface area contributed by atoms with Gasteiger partial charge in [0.1, 0.15) is 0 Å². The van der Waals surface area contributed by atoms with Gasteiger partial charge in [0.2, 0.25) is 0 Å². The molecule has 6 heavy (non-hydrogen) atoms. The van der Waals surface area contributed by atoms with E-state index in [1.807, 2.05) is 0 Å². The van der Waals surface area contributed by atoms with Crippen LogP contribution >= 0.6 is 0 Å². The third-order valence-corrected chi connectivity index (χ3v) is 0. The minimum absolute atomic E-state index is 0. The van der Waals surface area contributed by atoms with Crippen LogP contribution in [0.4, 0.5) is 0 Å². The minimum atomic E-state index is 0. The van der Waals surface area contributed by atoms with Crippen LogP contribution in [-0.2, 0) is 35.9 Å². The fraction of sp³-hybridized carbons (Fsp3) is 0. The summed E-state index contributed by atoms with van der Waals surface area (Å²) in [6, 6.07) is 0. The molecule has 0 aliphatic carbocycles. The summed E-state index contributed by atoms with van der Waals surface area (Å²) in [5.41, 5.74) is 0. The Balaban J connectivity index is 0. The molecule has 0 N–H and O–H groups in total. The zero-order valence-electron chi connectivity index (χ0n) is 3.22. The maximum atomic E-state index is 0. The molecule has 0 rings (SSSR count). The largest absolute Gasteiger partial charge is 3.00 e. The molecule has 0 saturated heterocycles. The van der Waals surface area contributed by atoms with Gasteiger partial charge in [0.25, 0.3) is 0 Å². The SMILES string of the molecule is [In+3].[Mg+2].[O-2].[O-2].[O-2].[Zn+2]. The predicted octanol–water partition coefficient (Wildman–Crippen LogP) is -1.12. The van der Waals surface area contributed by atoms with Gasteiger partial charge in [0.15, 0.2) is 0 Å². The van der Waals surface area contributed by atoms with E-state index >= 15 is 0 Å². The van der Waals surface area contributed by atoms with Crippen LogP contribution in [0.1, 0.15) is 0 Å². The molecule has 0 fully saturated rings. The minimum Gasteiger partial charge on any atom is -2.00 e. The predicted molar refractivity (Wildman–Crippen MR) is 13.6 cm³/mol. The zero-order chi connectivity index (χ0) is 0. The molecule has 24 valence electrons. The summed E-state index contributed by atoms with van der Waals surface area (Å²) in [6.45, 7) is 0. The van der Waals surface area contributed by atoms with Gasteiger partial charge >= 0.3 is 68.4 Å². The average Bonchev–Trinajstić information content (AvgIpc) is 0. The van der Waals surface area contributed by atoms with Crippen molar-refractivity contribution in [3.05, 3.63) is 0 Å². The van der Waals surface area contributed by atoms with Gasteiger partial charge in [-0.3, -0.25) is 0 Å². The van der Waals surface area contributed by atoms with Gasteiger partial charge in [0.05, 0.1) is 0 Å². The normalized spacial score (nSPS) is 0. The van der Waals surface area contributed by atoms with E-state index in [1.165, 1.54) is 0 Å². The van der Waals surface area contributed by atoms with E-state index in [9.17, 15) is 0 Å². The first kappa shape index (κ1) is 90.6. The van der Waals surface area contributed by atoms with Gasteiger partial charge < -0.3 is 16.4 Å². The van der Waals surface area contributed by atoms with Crippen molar-refractivity contribution >= 4 is 48.9 Å². The first-order chi connectivity index (χ1) is 0. The molecule has 3 nitrogen and oxygen atoms in total. The molecule has 0 unspecified atom stereocenters. The molecule has 0 heterocycles. The Kier molecular flexibility index (Phi) is 888. The van der Waals surface area contributed by atoms with Gasteiger partial charge in [-0.2, -0.15) is 0 Å². The van der Waals surface area contributed by atoms with Crippen molar-refractivity contribution in [1.82, 2.24) is 0 Å². The third-order valence-electron chi connectivity index (χ3n) is 0. The molecule has 0 aromatic rings.